The van der Waals surface area contributed by atoms with E-state index in [1.807, 2.05) is 0 Å². The molecule has 0 aromatic heterocycles. The summed E-state index contributed by atoms with van der Waals surface area (Å²) in [6.07, 6.45) is 5.18. The third-order valence-electron chi connectivity index (χ3n) is 3.85. The third-order valence-corrected chi connectivity index (χ3v) is 4.56. The highest BCUT2D eigenvalue weighted by Crippen LogP contribution is 2.31. The smallest absolute Gasteiger partial charge is 0.168 e. The predicted octanol–water partition coefficient (Wildman–Crippen LogP) is 4.19. The minimum Gasteiger partial charge on any atom is -0.382 e. The normalized spacial score (nSPS) is 18.9. The van der Waals surface area contributed by atoms with Crippen molar-refractivity contribution in [1.82, 2.24) is 0 Å². The molecule has 0 amide bonds. The monoisotopic (exact) mass is 300 g/mol. The van der Waals surface area contributed by atoms with Gasteiger partial charge in [-0.25, -0.2) is 0 Å². The molecule has 2 nitrogen and oxygen atoms in total. The van der Waals surface area contributed by atoms with Gasteiger partial charge in [0.05, 0.1) is 0 Å². The van der Waals surface area contributed by atoms with Crippen LogP contribution in [0.4, 0.5) is 0 Å². The number of carbonyl (C=O) groups excluding carboxylic acids is 1. The van der Waals surface area contributed by atoms with Gasteiger partial charge < -0.3 is 5.11 Å². The molecule has 1 fully saturated rings. The van der Waals surface area contributed by atoms with Gasteiger partial charge in [0.25, 0.3) is 0 Å². The molecule has 1 N–H and O–H groups in total. The van der Waals surface area contributed by atoms with Crippen molar-refractivity contribution < 1.29 is 9.90 Å². The summed E-state index contributed by atoms with van der Waals surface area (Å²) in [6.45, 7) is 0. The van der Waals surface area contributed by atoms with E-state index in [1.54, 1.807) is 18.2 Å². The number of hydrogen-bond donors (Lipinski definition) is 1. The predicted molar refractivity (Wildman–Crippen MR) is 77.8 cm³/mol. The molecule has 0 unspecified atom stereocenters. The summed E-state index contributed by atoms with van der Waals surface area (Å²) in [4.78, 5) is 12.4. The van der Waals surface area contributed by atoms with E-state index in [0.717, 1.165) is 25.7 Å². The Kier molecular flexibility index (Phi) is 4.88. The number of rotatable bonds is 3. The highest BCUT2D eigenvalue weighted by Gasteiger charge is 2.36. The number of benzene rings is 1. The van der Waals surface area contributed by atoms with Crippen molar-refractivity contribution in [3.63, 3.8) is 0 Å². The molecule has 1 aromatic carbocycles. The van der Waals surface area contributed by atoms with E-state index in [0.29, 0.717) is 28.5 Å². The molecular formula is C15H18Cl2O2. The van der Waals surface area contributed by atoms with Crippen LogP contribution in [0.25, 0.3) is 0 Å². The fraction of sp³-hybridized carbons (Fsp3) is 0.533. The fourth-order valence-corrected chi connectivity index (χ4v) is 3.15. The van der Waals surface area contributed by atoms with Crippen molar-refractivity contribution in [3.05, 3.63) is 33.8 Å². The van der Waals surface area contributed by atoms with E-state index in [1.165, 1.54) is 0 Å². The van der Waals surface area contributed by atoms with Crippen LogP contribution in [0, 0.1) is 0 Å². The van der Waals surface area contributed by atoms with Gasteiger partial charge >= 0.3 is 0 Å². The van der Waals surface area contributed by atoms with Crippen LogP contribution in [0.5, 0.6) is 0 Å². The Morgan fingerprint density at radius 2 is 1.63 bits per heavy atom. The van der Waals surface area contributed by atoms with Crippen LogP contribution in [-0.2, 0) is 11.2 Å². The maximum absolute atomic E-state index is 12.4. The van der Waals surface area contributed by atoms with E-state index in [2.05, 4.69) is 0 Å². The summed E-state index contributed by atoms with van der Waals surface area (Å²) in [7, 11) is 0. The third kappa shape index (κ3) is 3.50. The van der Waals surface area contributed by atoms with Gasteiger partial charge in [-0.2, -0.15) is 0 Å². The fourth-order valence-electron chi connectivity index (χ4n) is 2.62. The lowest BCUT2D eigenvalue weighted by Gasteiger charge is -2.25. The van der Waals surface area contributed by atoms with Gasteiger partial charge in [-0.05, 0) is 30.5 Å². The van der Waals surface area contributed by atoms with E-state index >= 15 is 0 Å². The summed E-state index contributed by atoms with van der Waals surface area (Å²) < 4.78 is 0. The second-order valence-electron chi connectivity index (χ2n) is 5.25. The van der Waals surface area contributed by atoms with Crippen LogP contribution in [0.15, 0.2) is 18.2 Å². The standard InChI is InChI=1S/C15H18Cl2O2/c16-12-6-5-7-13(17)11(12)10-14(18)15(19)8-3-1-2-4-9-15/h5-7,19H,1-4,8-10H2. The molecule has 2 rings (SSSR count). The molecular weight excluding hydrogens is 283 g/mol. The van der Waals surface area contributed by atoms with Crippen LogP contribution in [0.1, 0.15) is 44.1 Å². The zero-order valence-corrected chi connectivity index (χ0v) is 12.3. The largest absolute Gasteiger partial charge is 0.382 e. The molecule has 0 radical (unpaired) electrons. The molecule has 0 bridgehead atoms. The average Bonchev–Trinajstić information content (AvgIpc) is 2.60. The first kappa shape index (κ1) is 14.8. The molecule has 0 saturated heterocycles. The van der Waals surface area contributed by atoms with Gasteiger partial charge in [-0.3, -0.25) is 4.79 Å². The van der Waals surface area contributed by atoms with Gasteiger partial charge in [0.2, 0.25) is 0 Å². The number of ketones is 1. The van der Waals surface area contributed by atoms with Crippen LogP contribution >= 0.6 is 23.2 Å². The zero-order chi connectivity index (χ0) is 13.9. The lowest BCUT2D eigenvalue weighted by atomic mass is 9.86. The molecule has 1 aromatic rings. The van der Waals surface area contributed by atoms with Crippen molar-refractivity contribution in [3.8, 4) is 0 Å². The Morgan fingerprint density at radius 1 is 1.11 bits per heavy atom. The summed E-state index contributed by atoms with van der Waals surface area (Å²) in [6, 6.07) is 5.18. The minimum atomic E-state index is -1.20. The molecule has 0 aliphatic heterocycles. The minimum absolute atomic E-state index is 0.106. The molecule has 19 heavy (non-hydrogen) atoms. The van der Waals surface area contributed by atoms with E-state index in [-0.39, 0.29) is 12.2 Å². The van der Waals surface area contributed by atoms with Crippen LogP contribution in [0.3, 0.4) is 0 Å². The summed E-state index contributed by atoms with van der Waals surface area (Å²) in [5.74, 6) is -0.163. The Bertz CT molecular complexity index is 443. The number of halogens is 2. The first-order valence-corrected chi connectivity index (χ1v) is 7.47. The van der Waals surface area contributed by atoms with Gasteiger partial charge in [-0.1, -0.05) is 55.0 Å². The molecule has 104 valence electrons. The number of carbonyl (C=O) groups is 1. The van der Waals surface area contributed by atoms with Crippen LogP contribution in [-0.4, -0.2) is 16.5 Å². The summed E-state index contributed by atoms with van der Waals surface area (Å²) in [5, 5.41) is 11.5. The van der Waals surface area contributed by atoms with Crippen molar-refractivity contribution in [1.29, 1.82) is 0 Å². The Balaban J connectivity index is 2.16. The van der Waals surface area contributed by atoms with Crippen molar-refractivity contribution in [2.75, 3.05) is 0 Å². The molecule has 1 saturated carbocycles. The van der Waals surface area contributed by atoms with Gasteiger partial charge in [-0.15, -0.1) is 0 Å². The van der Waals surface area contributed by atoms with Crippen molar-refractivity contribution in [2.24, 2.45) is 0 Å². The quantitative estimate of drug-likeness (QED) is 0.850. The van der Waals surface area contributed by atoms with Crippen molar-refractivity contribution in [2.45, 2.75) is 50.5 Å². The van der Waals surface area contributed by atoms with Crippen molar-refractivity contribution >= 4 is 29.0 Å². The zero-order valence-electron chi connectivity index (χ0n) is 10.8. The Hall–Kier alpha value is -0.570. The SMILES string of the molecule is O=C(Cc1c(Cl)cccc1Cl)C1(O)CCCCCC1. The number of Topliss-reactive ketones (excluding diaryl/α,β-unsaturated/α-hetero) is 1. The van der Waals surface area contributed by atoms with Gasteiger partial charge in [0, 0.05) is 16.5 Å². The summed E-state index contributed by atoms with van der Waals surface area (Å²) >= 11 is 12.1. The highest BCUT2D eigenvalue weighted by molar-refractivity contribution is 6.36. The first-order chi connectivity index (χ1) is 9.03. The lowest BCUT2D eigenvalue weighted by Crippen LogP contribution is -2.39. The van der Waals surface area contributed by atoms with Crippen LogP contribution in [0.2, 0.25) is 10.0 Å². The highest BCUT2D eigenvalue weighted by atomic mass is 35.5. The second-order valence-corrected chi connectivity index (χ2v) is 6.06. The topological polar surface area (TPSA) is 37.3 Å². The molecule has 0 atom stereocenters. The van der Waals surface area contributed by atoms with E-state index in [9.17, 15) is 9.90 Å². The van der Waals surface area contributed by atoms with Gasteiger partial charge in [0.15, 0.2) is 5.78 Å². The maximum Gasteiger partial charge on any atom is 0.168 e. The molecule has 0 spiro atoms. The Labute approximate surface area is 123 Å². The first-order valence-electron chi connectivity index (χ1n) is 6.71. The molecule has 4 heteroatoms. The number of aliphatic hydroxyl groups is 1. The second kappa shape index (κ2) is 6.25. The maximum atomic E-state index is 12.4. The van der Waals surface area contributed by atoms with Gasteiger partial charge in [0.1, 0.15) is 5.60 Å². The number of hydrogen-bond acceptors (Lipinski definition) is 2. The van der Waals surface area contributed by atoms with Crippen LogP contribution < -0.4 is 0 Å². The lowest BCUT2D eigenvalue weighted by molar-refractivity contribution is -0.138. The molecule has 1 aliphatic carbocycles. The average molecular weight is 301 g/mol. The summed E-state index contributed by atoms with van der Waals surface area (Å²) in [5.41, 5.74) is -0.576. The molecule has 0 heterocycles. The van der Waals surface area contributed by atoms with E-state index < -0.39 is 5.60 Å². The van der Waals surface area contributed by atoms with E-state index in [4.69, 9.17) is 23.2 Å². The Morgan fingerprint density at radius 3 is 2.16 bits per heavy atom. The molecule has 1 aliphatic rings.